The van der Waals surface area contributed by atoms with Crippen molar-refractivity contribution >= 4 is 29.0 Å². The number of benzene rings is 2. The van der Waals surface area contributed by atoms with Gasteiger partial charge in [0.1, 0.15) is 0 Å². The van der Waals surface area contributed by atoms with E-state index in [1.165, 1.54) is 16.9 Å². The van der Waals surface area contributed by atoms with Crippen LogP contribution in [0, 0.1) is 13.8 Å². The van der Waals surface area contributed by atoms with Crippen LogP contribution in [0.5, 0.6) is 0 Å². The van der Waals surface area contributed by atoms with Crippen LogP contribution >= 0.6 is 11.3 Å². The Morgan fingerprint density at radius 1 is 1.05 bits per heavy atom. The van der Waals surface area contributed by atoms with Crippen molar-refractivity contribution < 1.29 is 9.59 Å². The second-order valence-electron chi connectivity index (χ2n) is 10.5. The van der Waals surface area contributed by atoms with Gasteiger partial charge >= 0.3 is 6.03 Å². The highest BCUT2D eigenvalue weighted by Gasteiger charge is 2.33. The van der Waals surface area contributed by atoms with Crippen molar-refractivity contribution in [3.05, 3.63) is 82.5 Å². The number of thiazole rings is 1. The molecule has 9 heteroatoms. The first-order valence-corrected chi connectivity index (χ1v) is 14.1. The summed E-state index contributed by atoms with van der Waals surface area (Å²) >= 11 is 1.51. The molecule has 3 amide bonds. The second kappa shape index (κ2) is 11.0. The van der Waals surface area contributed by atoms with Crippen LogP contribution < -0.4 is 5.32 Å². The standard InChI is InChI=1S/C30H34N6O2S/c1-19(2)27-25(16-31-36(27)30-33-26(18-39-30)23-11-9-20(3)10-12-23)28(37)34-13-14-35(22(5)17-34)29(38)32-24-8-6-7-21(4)15-24/h6-12,15-16,18-19,22H,13-14,17H2,1-5H3,(H,32,38). The summed E-state index contributed by atoms with van der Waals surface area (Å²) in [5.41, 5.74) is 6.43. The van der Waals surface area contributed by atoms with Gasteiger partial charge in [-0.1, -0.05) is 55.8 Å². The average molecular weight is 543 g/mol. The quantitative estimate of drug-likeness (QED) is 0.330. The number of aryl methyl sites for hydroxylation is 2. The summed E-state index contributed by atoms with van der Waals surface area (Å²) in [6.07, 6.45) is 1.66. The number of anilines is 1. The van der Waals surface area contributed by atoms with E-state index >= 15 is 0 Å². The normalized spacial score (nSPS) is 15.6. The molecule has 0 aliphatic carbocycles. The van der Waals surface area contributed by atoms with E-state index in [0.29, 0.717) is 25.2 Å². The van der Waals surface area contributed by atoms with Gasteiger partial charge in [0.2, 0.25) is 5.13 Å². The molecule has 2 aromatic carbocycles. The van der Waals surface area contributed by atoms with E-state index in [-0.39, 0.29) is 23.9 Å². The van der Waals surface area contributed by atoms with Crippen LogP contribution in [0.1, 0.15) is 53.9 Å². The molecule has 8 nitrogen and oxygen atoms in total. The van der Waals surface area contributed by atoms with Gasteiger partial charge in [-0.15, -0.1) is 11.3 Å². The van der Waals surface area contributed by atoms with Crippen molar-refractivity contribution in [3.8, 4) is 16.4 Å². The van der Waals surface area contributed by atoms with Crippen LogP contribution in [0.15, 0.2) is 60.1 Å². The number of piperazine rings is 1. The lowest BCUT2D eigenvalue weighted by Gasteiger charge is -2.39. The maximum Gasteiger partial charge on any atom is 0.322 e. The predicted octanol–water partition coefficient (Wildman–Crippen LogP) is 6.11. The molecule has 1 aliphatic rings. The fourth-order valence-corrected chi connectivity index (χ4v) is 5.78. The Kier molecular flexibility index (Phi) is 7.52. The van der Waals surface area contributed by atoms with Crippen LogP contribution in [-0.2, 0) is 0 Å². The first-order valence-electron chi connectivity index (χ1n) is 13.3. The van der Waals surface area contributed by atoms with E-state index in [0.717, 1.165) is 33.3 Å². The number of carbonyl (C=O) groups is 2. The van der Waals surface area contributed by atoms with Crippen LogP contribution in [0.3, 0.4) is 0 Å². The molecule has 3 heterocycles. The molecule has 1 atom stereocenters. The van der Waals surface area contributed by atoms with E-state index in [1.54, 1.807) is 15.8 Å². The van der Waals surface area contributed by atoms with E-state index in [1.807, 2.05) is 48.4 Å². The second-order valence-corrected chi connectivity index (χ2v) is 11.3. The van der Waals surface area contributed by atoms with E-state index in [2.05, 4.69) is 55.5 Å². The lowest BCUT2D eigenvalue weighted by molar-refractivity contribution is 0.0590. The number of nitrogens with one attached hydrogen (secondary N) is 1. The molecule has 1 fully saturated rings. The molecule has 0 spiro atoms. The Morgan fingerprint density at radius 2 is 1.82 bits per heavy atom. The third kappa shape index (κ3) is 5.59. The van der Waals surface area contributed by atoms with Gasteiger partial charge in [-0.2, -0.15) is 5.10 Å². The highest BCUT2D eigenvalue weighted by Crippen LogP contribution is 2.29. The van der Waals surface area contributed by atoms with E-state index in [4.69, 9.17) is 4.98 Å². The smallest absolute Gasteiger partial charge is 0.322 e. The minimum absolute atomic E-state index is 0.0640. The number of rotatable bonds is 5. The molecule has 202 valence electrons. The van der Waals surface area contributed by atoms with Crippen molar-refractivity contribution in [2.24, 2.45) is 0 Å². The highest BCUT2D eigenvalue weighted by molar-refractivity contribution is 7.12. The van der Waals surface area contributed by atoms with Crippen molar-refractivity contribution in [3.63, 3.8) is 0 Å². The molecular formula is C30H34N6O2S. The van der Waals surface area contributed by atoms with Crippen molar-refractivity contribution in [1.29, 1.82) is 0 Å². The molecular weight excluding hydrogens is 508 g/mol. The van der Waals surface area contributed by atoms with E-state index < -0.39 is 0 Å². The summed E-state index contributed by atoms with van der Waals surface area (Å²) in [6.45, 7) is 11.5. The van der Waals surface area contributed by atoms with Gasteiger partial charge in [0, 0.05) is 42.3 Å². The van der Waals surface area contributed by atoms with Gasteiger partial charge in [0.05, 0.1) is 23.1 Å². The Morgan fingerprint density at radius 3 is 2.51 bits per heavy atom. The van der Waals surface area contributed by atoms with Crippen molar-refractivity contribution in [2.75, 3.05) is 25.0 Å². The zero-order valence-electron chi connectivity index (χ0n) is 23.0. The molecule has 0 bridgehead atoms. The molecule has 0 saturated carbocycles. The third-order valence-electron chi connectivity index (χ3n) is 7.05. The summed E-state index contributed by atoms with van der Waals surface area (Å²) in [4.78, 5) is 35.1. The first kappa shape index (κ1) is 26.6. The van der Waals surface area contributed by atoms with Gasteiger partial charge < -0.3 is 15.1 Å². The van der Waals surface area contributed by atoms with Gasteiger partial charge in [0.15, 0.2) is 0 Å². The first-order chi connectivity index (χ1) is 18.7. The minimum Gasteiger partial charge on any atom is -0.335 e. The molecule has 1 N–H and O–H groups in total. The molecule has 5 rings (SSSR count). The number of amides is 3. The zero-order valence-corrected chi connectivity index (χ0v) is 23.8. The Bertz CT molecular complexity index is 1490. The Hall–Kier alpha value is -3.98. The Balaban J connectivity index is 1.31. The molecule has 1 aliphatic heterocycles. The van der Waals surface area contributed by atoms with Crippen LogP contribution in [-0.4, -0.2) is 62.2 Å². The Labute approximate surface area is 233 Å². The molecule has 2 aromatic heterocycles. The van der Waals surface area contributed by atoms with Crippen LogP contribution in [0.4, 0.5) is 10.5 Å². The largest absolute Gasteiger partial charge is 0.335 e. The third-order valence-corrected chi connectivity index (χ3v) is 7.87. The number of aromatic nitrogens is 3. The van der Waals surface area contributed by atoms with Crippen molar-refractivity contribution in [2.45, 2.75) is 46.6 Å². The summed E-state index contributed by atoms with van der Waals surface area (Å²) in [7, 11) is 0. The highest BCUT2D eigenvalue weighted by atomic mass is 32.1. The number of nitrogens with zero attached hydrogens (tertiary/aromatic N) is 5. The number of hydrogen-bond acceptors (Lipinski definition) is 5. The molecule has 1 unspecified atom stereocenters. The lowest BCUT2D eigenvalue weighted by Crippen LogP contribution is -2.56. The van der Waals surface area contributed by atoms with Crippen LogP contribution in [0.2, 0.25) is 0 Å². The SMILES string of the molecule is Cc1ccc(-c2csc(-n3ncc(C(=O)N4CCN(C(=O)Nc5cccc(C)c5)C(C)C4)c3C(C)C)n2)cc1. The van der Waals surface area contributed by atoms with Gasteiger partial charge in [0.25, 0.3) is 5.91 Å². The van der Waals surface area contributed by atoms with Crippen molar-refractivity contribution in [1.82, 2.24) is 24.6 Å². The summed E-state index contributed by atoms with van der Waals surface area (Å²) < 4.78 is 1.80. The number of hydrogen-bond donors (Lipinski definition) is 1. The maximum absolute atomic E-state index is 13.7. The van der Waals surface area contributed by atoms with Crippen LogP contribution in [0.25, 0.3) is 16.4 Å². The predicted molar refractivity (Wildman–Crippen MR) is 156 cm³/mol. The fourth-order valence-electron chi connectivity index (χ4n) is 4.98. The summed E-state index contributed by atoms with van der Waals surface area (Å²) in [5.74, 6) is 0.00264. The molecule has 0 radical (unpaired) electrons. The van der Waals surface area contributed by atoms with E-state index in [9.17, 15) is 9.59 Å². The summed E-state index contributed by atoms with van der Waals surface area (Å²) in [6, 6.07) is 15.8. The molecule has 1 saturated heterocycles. The summed E-state index contributed by atoms with van der Waals surface area (Å²) in [5, 5.41) is 10.3. The van der Waals surface area contributed by atoms with Gasteiger partial charge in [-0.05, 0) is 44.4 Å². The average Bonchev–Trinajstić information content (AvgIpc) is 3.56. The topological polar surface area (TPSA) is 83.4 Å². The fraction of sp³-hybridized carbons (Fsp3) is 0.333. The number of carbonyl (C=O) groups excluding carboxylic acids is 2. The molecule has 39 heavy (non-hydrogen) atoms. The zero-order chi connectivity index (χ0) is 27.7. The van der Waals surface area contributed by atoms with Gasteiger partial charge in [-0.25, -0.2) is 14.5 Å². The molecule has 4 aromatic rings. The maximum atomic E-state index is 13.7. The monoisotopic (exact) mass is 542 g/mol. The minimum atomic E-state index is -0.149. The number of urea groups is 1. The van der Waals surface area contributed by atoms with Gasteiger partial charge in [-0.3, -0.25) is 4.79 Å². The lowest BCUT2D eigenvalue weighted by atomic mass is 10.0.